The van der Waals surface area contributed by atoms with E-state index in [0.717, 1.165) is 25.0 Å². The van der Waals surface area contributed by atoms with E-state index in [1.165, 1.54) is 25.7 Å². The molecule has 1 aliphatic heterocycles. The summed E-state index contributed by atoms with van der Waals surface area (Å²) >= 11 is 1.76. The molecule has 1 saturated carbocycles. The average molecular weight is 229 g/mol. The number of hydrogen-bond acceptors (Lipinski definition) is 3. The van der Waals surface area contributed by atoms with Crippen LogP contribution in [-0.2, 0) is 9.63 Å². The van der Waals surface area contributed by atoms with Gasteiger partial charge < -0.3 is 0 Å². The highest BCUT2D eigenvalue weighted by atomic mass is 32.2. The van der Waals surface area contributed by atoms with Crippen LogP contribution in [0.5, 0.6) is 0 Å². The Morgan fingerprint density at radius 1 is 1.13 bits per heavy atom. The highest BCUT2D eigenvalue weighted by Crippen LogP contribution is 2.25. The van der Waals surface area contributed by atoms with Crippen molar-refractivity contribution in [3.8, 4) is 0 Å². The molecule has 0 bridgehead atoms. The lowest BCUT2D eigenvalue weighted by molar-refractivity contribution is -0.137. The minimum Gasteiger partial charge on any atom is -0.272 e. The summed E-state index contributed by atoms with van der Waals surface area (Å²) in [6, 6.07) is 0. The smallest absolute Gasteiger partial charge is 0.256 e. The quantitative estimate of drug-likeness (QED) is 0.754. The molecule has 86 valence electrons. The van der Waals surface area contributed by atoms with Crippen molar-refractivity contribution in [1.82, 2.24) is 5.48 Å². The van der Waals surface area contributed by atoms with Crippen molar-refractivity contribution in [2.24, 2.45) is 0 Å². The predicted molar refractivity (Wildman–Crippen MR) is 61.6 cm³/mol. The Bertz CT molecular complexity index is 211. The summed E-state index contributed by atoms with van der Waals surface area (Å²) in [6.07, 6.45) is 8.35. The first kappa shape index (κ1) is 11.3. The average Bonchev–Trinajstić information content (AvgIpc) is 2.80. The molecule has 2 aliphatic rings. The van der Waals surface area contributed by atoms with Gasteiger partial charge in [-0.15, -0.1) is 11.8 Å². The molecule has 2 rings (SSSR count). The van der Waals surface area contributed by atoms with Crippen LogP contribution < -0.4 is 5.48 Å². The van der Waals surface area contributed by atoms with Crippen LogP contribution in [0.2, 0.25) is 0 Å². The van der Waals surface area contributed by atoms with Crippen LogP contribution >= 0.6 is 11.8 Å². The summed E-state index contributed by atoms with van der Waals surface area (Å²) < 4.78 is 0. The van der Waals surface area contributed by atoms with E-state index in [4.69, 9.17) is 4.84 Å². The van der Waals surface area contributed by atoms with E-state index in [1.807, 2.05) is 0 Å². The van der Waals surface area contributed by atoms with Crippen LogP contribution in [0, 0.1) is 0 Å². The zero-order valence-electron chi connectivity index (χ0n) is 9.04. The third-order valence-electron chi connectivity index (χ3n) is 3.10. The van der Waals surface area contributed by atoms with Gasteiger partial charge in [0, 0.05) is 0 Å². The molecule has 4 heteroatoms. The van der Waals surface area contributed by atoms with Crippen LogP contribution in [0.4, 0.5) is 0 Å². The van der Waals surface area contributed by atoms with E-state index >= 15 is 0 Å². The van der Waals surface area contributed by atoms with Gasteiger partial charge in [-0.05, 0) is 31.4 Å². The van der Waals surface area contributed by atoms with Crippen molar-refractivity contribution >= 4 is 17.7 Å². The number of nitrogens with one attached hydrogen (secondary N) is 1. The number of hydroxylamine groups is 1. The maximum atomic E-state index is 11.7. The standard InChI is InChI=1S/C11H19NO2S/c13-11(10-7-3-4-8-15-10)12-14-9-5-1-2-6-9/h9-10H,1-8H2,(H,12,13). The molecule has 3 nitrogen and oxygen atoms in total. The first-order chi connectivity index (χ1) is 7.36. The summed E-state index contributed by atoms with van der Waals surface area (Å²) in [6.45, 7) is 0. The number of amides is 1. The zero-order valence-corrected chi connectivity index (χ0v) is 9.85. The van der Waals surface area contributed by atoms with Crippen molar-refractivity contribution in [2.45, 2.75) is 56.3 Å². The SMILES string of the molecule is O=C(NOC1CCCC1)C1CCCCS1. The van der Waals surface area contributed by atoms with Gasteiger partial charge in [0.25, 0.3) is 5.91 Å². The predicted octanol–water partition coefficient (Wildman–Crippen LogP) is 2.26. The van der Waals surface area contributed by atoms with Crippen LogP contribution in [0.3, 0.4) is 0 Å². The first-order valence-corrected chi connectivity index (χ1v) is 6.98. The van der Waals surface area contributed by atoms with Gasteiger partial charge in [0.1, 0.15) is 0 Å². The van der Waals surface area contributed by atoms with E-state index in [2.05, 4.69) is 5.48 Å². The number of thioether (sulfide) groups is 1. The lowest BCUT2D eigenvalue weighted by Crippen LogP contribution is -2.36. The van der Waals surface area contributed by atoms with Gasteiger partial charge in [0.05, 0.1) is 11.4 Å². The molecule has 1 unspecified atom stereocenters. The highest BCUT2D eigenvalue weighted by molar-refractivity contribution is 8.00. The Hall–Kier alpha value is -0.220. The number of rotatable bonds is 3. The molecule has 1 amide bonds. The van der Waals surface area contributed by atoms with Gasteiger partial charge >= 0.3 is 0 Å². The van der Waals surface area contributed by atoms with Crippen molar-refractivity contribution in [1.29, 1.82) is 0 Å². The van der Waals surface area contributed by atoms with Gasteiger partial charge in [0.15, 0.2) is 0 Å². The minimum atomic E-state index is 0.0756. The maximum absolute atomic E-state index is 11.7. The fourth-order valence-corrected chi connectivity index (χ4v) is 3.35. The third-order valence-corrected chi connectivity index (χ3v) is 4.48. The van der Waals surface area contributed by atoms with E-state index in [9.17, 15) is 4.79 Å². The van der Waals surface area contributed by atoms with Crippen LogP contribution in [0.1, 0.15) is 44.9 Å². The molecular formula is C11H19NO2S. The van der Waals surface area contributed by atoms with Crippen molar-refractivity contribution < 1.29 is 9.63 Å². The molecule has 1 atom stereocenters. The molecule has 0 spiro atoms. The molecule has 1 heterocycles. The Morgan fingerprint density at radius 2 is 1.87 bits per heavy atom. The largest absolute Gasteiger partial charge is 0.272 e. The number of carbonyl (C=O) groups excluding carboxylic acids is 1. The second kappa shape index (κ2) is 5.75. The van der Waals surface area contributed by atoms with Crippen LogP contribution in [0.15, 0.2) is 0 Å². The maximum Gasteiger partial charge on any atom is 0.256 e. The van der Waals surface area contributed by atoms with Gasteiger partial charge in [-0.1, -0.05) is 19.3 Å². The summed E-state index contributed by atoms with van der Waals surface area (Å²) in [5.74, 6) is 1.19. The van der Waals surface area contributed by atoms with Crippen LogP contribution in [0.25, 0.3) is 0 Å². The van der Waals surface area contributed by atoms with Crippen LogP contribution in [-0.4, -0.2) is 23.0 Å². The Balaban J connectivity index is 1.66. The Labute approximate surface area is 95.3 Å². The van der Waals surface area contributed by atoms with E-state index < -0.39 is 0 Å². The second-order valence-electron chi connectivity index (χ2n) is 4.35. The highest BCUT2D eigenvalue weighted by Gasteiger charge is 2.23. The van der Waals surface area contributed by atoms with Gasteiger partial charge in [0.2, 0.25) is 0 Å². The molecule has 1 saturated heterocycles. The topological polar surface area (TPSA) is 38.3 Å². The molecule has 0 aromatic heterocycles. The summed E-state index contributed by atoms with van der Waals surface area (Å²) in [5, 5.41) is 0.125. The Morgan fingerprint density at radius 3 is 2.53 bits per heavy atom. The molecule has 0 aromatic carbocycles. The first-order valence-electron chi connectivity index (χ1n) is 5.93. The molecule has 0 radical (unpaired) electrons. The molecule has 2 fully saturated rings. The van der Waals surface area contributed by atoms with Crippen molar-refractivity contribution in [3.63, 3.8) is 0 Å². The molecule has 1 aliphatic carbocycles. The van der Waals surface area contributed by atoms with E-state index in [1.54, 1.807) is 11.8 Å². The molecule has 1 N–H and O–H groups in total. The second-order valence-corrected chi connectivity index (χ2v) is 5.66. The van der Waals surface area contributed by atoms with Gasteiger partial charge in [-0.25, -0.2) is 5.48 Å². The number of hydrogen-bond donors (Lipinski definition) is 1. The van der Waals surface area contributed by atoms with Crippen molar-refractivity contribution in [3.05, 3.63) is 0 Å². The van der Waals surface area contributed by atoms with E-state index in [0.29, 0.717) is 0 Å². The summed E-state index contributed by atoms with van der Waals surface area (Å²) in [7, 11) is 0. The Kier molecular flexibility index (Phi) is 4.32. The lowest BCUT2D eigenvalue weighted by Gasteiger charge is -2.21. The summed E-state index contributed by atoms with van der Waals surface area (Å²) in [4.78, 5) is 17.1. The fourth-order valence-electron chi connectivity index (χ4n) is 2.16. The number of carbonyl (C=O) groups is 1. The van der Waals surface area contributed by atoms with Crippen molar-refractivity contribution in [2.75, 3.05) is 5.75 Å². The normalized spacial score (nSPS) is 27.9. The van der Waals surface area contributed by atoms with Gasteiger partial charge in [-0.3, -0.25) is 9.63 Å². The minimum absolute atomic E-state index is 0.0756. The third kappa shape index (κ3) is 3.38. The zero-order chi connectivity index (χ0) is 10.5. The monoisotopic (exact) mass is 229 g/mol. The summed E-state index contributed by atoms with van der Waals surface area (Å²) in [5.41, 5.74) is 2.63. The van der Waals surface area contributed by atoms with E-state index in [-0.39, 0.29) is 17.3 Å². The molecular weight excluding hydrogens is 210 g/mol. The lowest BCUT2D eigenvalue weighted by atomic mass is 10.2. The fraction of sp³-hybridized carbons (Fsp3) is 0.909. The molecule has 0 aromatic rings. The van der Waals surface area contributed by atoms with Gasteiger partial charge in [-0.2, -0.15) is 0 Å². The molecule has 15 heavy (non-hydrogen) atoms.